The summed E-state index contributed by atoms with van der Waals surface area (Å²) in [5, 5.41) is 0. The molecule has 2 aromatic rings. The monoisotopic (exact) mass is 439 g/mol. The van der Waals surface area contributed by atoms with Crippen LogP contribution in [0, 0.1) is 6.92 Å². The lowest BCUT2D eigenvalue weighted by Gasteiger charge is -2.26. The minimum atomic E-state index is -0.538. The van der Waals surface area contributed by atoms with Crippen LogP contribution in [0.4, 0.5) is 0 Å². The normalized spacial score (nSPS) is 19.2. The van der Waals surface area contributed by atoms with E-state index in [1.165, 1.54) is 6.20 Å². The fourth-order valence-corrected chi connectivity index (χ4v) is 4.10. The average molecular weight is 440 g/mol. The molecule has 1 aromatic carbocycles. The highest BCUT2D eigenvalue weighted by Gasteiger charge is 2.30. The van der Waals surface area contributed by atoms with Crippen molar-refractivity contribution in [3.8, 4) is 5.75 Å². The van der Waals surface area contributed by atoms with E-state index < -0.39 is 5.91 Å². The van der Waals surface area contributed by atoms with Crippen LogP contribution in [0.2, 0.25) is 0 Å². The molecule has 32 heavy (non-hydrogen) atoms. The van der Waals surface area contributed by atoms with E-state index in [0.717, 1.165) is 39.3 Å². The van der Waals surface area contributed by atoms with Crippen molar-refractivity contribution in [3.63, 3.8) is 0 Å². The number of hydrogen-bond donors (Lipinski definition) is 1. The summed E-state index contributed by atoms with van der Waals surface area (Å²) in [7, 11) is 0. The third-order valence-electron chi connectivity index (χ3n) is 5.96. The first-order valence-electron chi connectivity index (χ1n) is 11.0. The lowest BCUT2D eigenvalue weighted by Crippen LogP contribution is -2.38. The molecule has 170 valence electrons. The minimum absolute atomic E-state index is 0.0309. The van der Waals surface area contributed by atoms with Gasteiger partial charge in [-0.1, -0.05) is 6.07 Å². The predicted molar refractivity (Wildman–Crippen MR) is 118 cm³/mol. The third kappa shape index (κ3) is 5.23. The molecule has 0 spiro atoms. The number of rotatable bonds is 7. The first-order valence-corrected chi connectivity index (χ1v) is 11.0. The number of ether oxygens (including phenoxy) is 2. The number of carbonyl (C=O) groups excluding carboxylic acids is 2. The Hall–Kier alpha value is -3.04. The molecule has 0 bridgehead atoms. The van der Waals surface area contributed by atoms with Gasteiger partial charge in [-0.2, -0.15) is 0 Å². The zero-order chi connectivity index (χ0) is 22.5. The topological polar surface area (TPSA) is 111 Å². The second kappa shape index (κ2) is 10.1. The Labute approximate surface area is 187 Å². The number of carbonyl (C=O) groups is 2. The van der Waals surface area contributed by atoms with Crippen LogP contribution in [-0.2, 0) is 4.74 Å². The highest BCUT2D eigenvalue weighted by Crippen LogP contribution is 2.27. The van der Waals surface area contributed by atoms with Crippen LogP contribution in [-0.4, -0.2) is 84.1 Å². The summed E-state index contributed by atoms with van der Waals surface area (Å²) >= 11 is 0. The van der Waals surface area contributed by atoms with Crippen molar-refractivity contribution in [2.75, 3.05) is 52.5 Å². The van der Waals surface area contributed by atoms with Crippen LogP contribution < -0.4 is 10.5 Å². The summed E-state index contributed by atoms with van der Waals surface area (Å²) in [6.07, 6.45) is 2.25. The van der Waals surface area contributed by atoms with Crippen LogP contribution >= 0.6 is 0 Å². The maximum Gasteiger partial charge on any atom is 0.254 e. The number of benzene rings is 1. The predicted octanol–water partition coefficient (Wildman–Crippen LogP) is 1.22. The summed E-state index contributed by atoms with van der Waals surface area (Å²) in [4.78, 5) is 37.3. The number of primary amides is 1. The second-order valence-electron chi connectivity index (χ2n) is 8.16. The summed E-state index contributed by atoms with van der Waals surface area (Å²) in [6.45, 7) is 7.70. The standard InChI is InChI=1S/C23H29N5O4/c1-16-20(21(24)29)14-25-22(26-16)18-5-6-28(15-18)23(30)17-3-2-4-19(13-17)32-12-9-27-7-10-31-11-8-27/h2-4,13-14,18H,5-12,15H2,1H3,(H2,24,29)/t18-/m1/s1. The van der Waals surface area contributed by atoms with Gasteiger partial charge in [0.2, 0.25) is 0 Å². The minimum Gasteiger partial charge on any atom is -0.492 e. The van der Waals surface area contributed by atoms with E-state index >= 15 is 0 Å². The maximum absolute atomic E-state index is 13.1. The smallest absolute Gasteiger partial charge is 0.254 e. The number of nitrogens with two attached hydrogens (primary N) is 1. The Kier molecular flexibility index (Phi) is 6.96. The van der Waals surface area contributed by atoms with Gasteiger partial charge < -0.3 is 20.1 Å². The largest absolute Gasteiger partial charge is 0.492 e. The average Bonchev–Trinajstić information content (AvgIpc) is 3.29. The molecule has 9 nitrogen and oxygen atoms in total. The zero-order valence-electron chi connectivity index (χ0n) is 18.3. The van der Waals surface area contributed by atoms with Crippen molar-refractivity contribution < 1.29 is 19.1 Å². The summed E-state index contributed by atoms with van der Waals surface area (Å²) in [5.74, 6) is 0.803. The zero-order valence-corrected chi connectivity index (χ0v) is 18.3. The number of aromatic nitrogens is 2. The van der Waals surface area contributed by atoms with Gasteiger partial charge >= 0.3 is 0 Å². The molecule has 2 aliphatic heterocycles. The van der Waals surface area contributed by atoms with Gasteiger partial charge in [0.05, 0.1) is 24.5 Å². The molecule has 1 atom stereocenters. The molecule has 2 saturated heterocycles. The van der Waals surface area contributed by atoms with E-state index in [-0.39, 0.29) is 11.8 Å². The van der Waals surface area contributed by atoms with Crippen LogP contribution in [0.5, 0.6) is 5.75 Å². The van der Waals surface area contributed by atoms with Crippen molar-refractivity contribution >= 4 is 11.8 Å². The molecular formula is C23H29N5O4. The quantitative estimate of drug-likeness (QED) is 0.691. The Morgan fingerprint density at radius 3 is 2.81 bits per heavy atom. The lowest BCUT2D eigenvalue weighted by molar-refractivity contribution is 0.0322. The highest BCUT2D eigenvalue weighted by molar-refractivity contribution is 5.95. The summed E-state index contributed by atoms with van der Waals surface area (Å²) < 4.78 is 11.2. The van der Waals surface area contributed by atoms with E-state index in [0.29, 0.717) is 48.1 Å². The molecule has 2 amide bonds. The molecule has 0 unspecified atom stereocenters. The molecule has 1 aromatic heterocycles. The SMILES string of the molecule is Cc1nc([C@@H]2CCN(C(=O)c3cccc(OCCN4CCOCC4)c3)C2)ncc1C(N)=O. The molecular weight excluding hydrogens is 410 g/mol. The molecule has 0 saturated carbocycles. The Morgan fingerprint density at radius 1 is 1.25 bits per heavy atom. The van der Waals surface area contributed by atoms with Crippen molar-refractivity contribution in [2.24, 2.45) is 5.73 Å². The number of morpholine rings is 1. The summed E-state index contributed by atoms with van der Waals surface area (Å²) in [5.41, 5.74) is 6.83. The van der Waals surface area contributed by atoms with Crippen LogP contribution in [0.15, 0.2) is 30.5 Å². The third-order valence-corrected chi connectivity index (χ3v) is 5.96. The number of amides is 2. The number of nitrogens with zero attached hydrogens (tertiary/aromatic N) is 4. The van der Waals surface area contributed by atoms with Crippen LogP contribution in [0.25, 0.3) is 0 Å². The molecule has 9 heteroatoms. The van der Waals surface area contributed by atoms with Gasteiger partial charge in [-0.15, -0.1) is 0 Å². The van der Waals surface area contributed by atoms with Gasteiger partial charge in [0.25, 0.3) is 11.8 Å². The first-order chi connectivity index (χ1) is 15.5. The molecule has 0 radical (unpaired) electrons. The Bertz CT molecular complexity index is 977. The van der Waals surface area contributed by atoms with Gasteiger partial charge in [0.15, 0.2) is 0 Å². The molecule has 2 N–H and O–H groups in total. The fourth-order valence-electron chi connectivity index (χ4n) is 4.10. The maximum atomic E-state index is 13.1. The highest BCUT2D eigenvalue weighted by atomic mass is 16.5. The number of hydrogen-bond acceptors (Lipinski definition) is 7. The second-order valence-corrected chi connectivity index (χ2v) is 8.16. The fraction of sp³-hybridized carbons (Fsp3) is 0.478. The lowest BCUT2D eigenvalue weighted by atomic mass is 10.1. The number of likely N-dealkylation sites (tertiary alicyclic amines) is 1. The Morgan fingerprint density at radius 2 is 2.06 bits per heavy atom. The molecule has 0 aliphatic carbocycles. The van der Waals surface area contributed by atoms with Crippen molar-refractivity contribution in [1.29, 1.82) is 0 Å². The molecule has 3 heterocycles. The van der Waals surface area contributed by atoms with Crippen molar-refractivity contribution in [2.45, 2.75) is 19.3 Å². The van der Waals surface area contributed by atoms with Gasteiger partial charge in [-0.05, 0) is 31.5 Å². The van der Waals surface area contributed by atoms with E-state index in [4.69, 9.17) is 15.2 Å². The molecule has 2 fully saturated rings. The van der Waals surface area contributed by atoms with E-state index in [9.17, 15) is 9.59 Å². The number of aryl methyl sites for hydroxylation is 1. The van der Waals surface area contributed by atoms with E-state index in [1.807, 2.05) is 23.1 Å². The molecule has 2 aliphatic rings. The molecule has 4 rings (SSSR count). The van der Waals surface area contributed by atoms with Crippen LogP contribution in [0.3, 0.4) is 0 Å². The van der Waals surface area contributed by atoms with Gasteiger partial charge in [0.1, 0.15) is 18.2 Å². The van der Waals surface area contributed by atoms with E-state index in [2.05, 4.69) is 14.9 Å². The van der Waals surface area contributed by atoms with Crippen molar-refractivity contribution in [3.05, 3.63) is 53.1 Å². The van der Waals surface area contributed by atoms with E-state index in [1.54, 1.807) is 13.0 Å². The summed E-state index contributed by atoms with van der Waals surface area (Å²) in [6, 6.07) is 7.34. The van der Waals surface area contributed by atoms with Crippen molar-refractivity contribution in [1.82, 2.24) is 19.8 Å². The first kappa shape index (κ1) is 22.2. The van der Waals surface area contributed by atoms with Gasteiger partial charge in [-0.25, -0.2) is 9.97 Å². The van der Waals surface area contributed by atoms with Gasteiger partial charge in [0, 0.05) is 50.4 Å². The van der Waals surface area contributed by atoms with Crippen LogP contribution in [0.1, 0.15) is 44.6 Å². The van der Waals surface area contributed by atoms with Gasteiger partial charge in [-0.3, -0.25) is 14.5 Å². The Balaban J connectivity index is 1.34.